The molecule has 3 aromatic heterocycles. The average molecular weight is 312 g/mol. The summed E-state index contributed by atoms with van der Waals surface area (Å²) in [5.41, 5.74) is 2.26. The van der Waals surface area contributed by atoms with E-state index in [1.165, 1.54) is 0 Å². The molecule has 0 radical (unpaired) electrons. The number of imidazole rings is 1. The molecule has 3 heterocycles. The van der Waals surface area contributed by atoms with Crippen molar-refractivity contribution in [3.05, 3.63) is 47.9 Å². The molecule has 0 saturated carbocycles. The summed E-state index contributed by atoms with van der Waals surface area (Å²) >= 11 is 0. The van der Waals surface area contributed by atoms with E-state index < -0.39 is 0 Å². The van der Waals surface area contributed by atoms with Gasteiger partial charge in [-0.25, -0.2) is 4.98 Å². The van der Waals surface area contributed by atoms with Gasteiger partial charge in [0, 0.05) is 31.4 Å². The highest BCUT2D eigenvalue weighted by Gasteiger charge is 2.12. The van der Waals surface area contributed by atoms with Gasteiger partial charge in [0.25, 0.3) is 5.91 Å². The highest BCUT2D eigenvalue weighted by molar-refractivity contribution is 5.92. The highest BCUT2D eigenvalue weighted by Crippen LogP contribution is 2.10. The summed E-state index contributed by atoms with van der Waals surface area (Å²) in [6.07, 6.45) is 5.98. The lowest BCUT2D eigenvalue weighted by atomic mass is 10.3. The third-order valence-corrected chi connectivity index (χ3v) is 3.75. The van der Waals surface area contributed by atoms with Crippen LogP contribution in [0.25, 0.3) is 5.65 Å². The Morgan fingerprint density at radius 1 is 1.39 bits per heavy atom. The minimum absolute atomic E-state index is 0.177. The second-order valence-electron chi connectivity index (χ2n) is 5.80. The van der Waals surface area contributed by atoms with Crippen molar-refractivity contribution in [1.29, 1.82) is 0 Å². The molecule has 1 amide bonds. The lowest BCUT2D eigenvalue weighted by Gasteiger charge is -2.09. The molecule has 23 heavy (non-hydrogen) atoms. The van der Waals surface area contributed by atoms with Crippen LogP contribution in [0.15, 0.2) is 30.9 Å². The van der Waals surface area contributed by atoms with E-state index in [9.17, 15) is 4.79 Å². The van der Waals surface area contributed by atoms with E-state index in [1.807, 2.05) is 34.2 Å². The molecule has 0 aliphatic rings. The monoisotopic (exact) mass is 312 g/mol. The van der Waals surface area contributed by atoms with Gasteiger partial charge in [0.2, 0.25) is 0 Å². The maximum atomic E-state index is 12.2. The fraction of sp³-hybridized carbons (Fsp3) is 0.375. The Morgan fingerprint density at radius 2 is 2.22 bits per heavy atom. The molecule has 0 unspecified atom stereocenters. The fourth-order valence-electron chi connectivity index (χ4n) is 2.52. The maximum Gasteiger partial charge on any atom is 0.271 e. The third-order valence-electron chi connectivity index (χ3n) is 3.75. The number of nitrogens with zero attached hydrogens (tertiary/aromatic N) is 5. The molecule has 3 rings (SSSR count). The summed E-state index contributed by atoms with van der Waals surface area (Å²) in [6.45, 7) is 6.62. The molecular weight excluding hydrogens is 292 g/mol. The van der Waals surface area contributed by atoms with Crippen LogP contribution in [0.3, 0.4) is 0 Å². The van der Waals surface area contributed by atoms with E-state index in [4.69, 9.17) is 0 Å². The minimum atomic E-state index is -0.177. The zero-order valence-corrected chi connectivity index (χ0v) is 13.5. The first-order chi connectivity index (χ1) is 11.1. The third kappa shape index (κ3) is 3.08. The van der Waals surface area contributed by atoms with Gasteiger partial charge >= 0.3 is 0 Å². The van der Waals surface area contributed by atoms with Crippen LogP contribution in [0, 0.1) is 6.92 Å². The van der Waals surface area contributed by atoms with Gasteiger partial charge in [0.15, 0.2) is 0 Å². The van der Waals surface area contributed by atoms with Crippen molar-refractivity contribution in [2.45, 2.75) is 33.2 Å². The molecule has 0 aliphatic heterocycles. The zero-order chi connectivity index (χ0) is 16.4. The minimum Gasteiger partial charge on any atom is -0.350 e. The largest absolute Gasteiger partial charge is 0.350 e. The van der Waals surface area contributed by atoms with Crippen molar-refractivity contribution in [1.82, 2.24) is 29.5 Å². The van der Waals surface area contributed by atoms with E-state index in [-0.39, 0.29) is 5.91 Å². The van der Waals surface area contributed by atoms with Gasteiger partial charge in [-0.3, -0.25) is 4.79 Å². The number of pyridine rings is 1. The van der Waals surface area contributed by atoms with Gasteiger partial charge in [0.1, 0.15) is 23.5 Å². The van der Waals surface area contributed by atoms with Gasteiger partial charge in [0.05, 0.1) is 0 Å². The molecular formula is C16H20N6O. The molecule has 0 aromatic carbocycles. The number of aryl methyl sites for hydroxylation is 1. The number of nitrogens with one attached hydrogen (secondary N) is 1. The normalized spacial score (nSPS) is 11.3. The molecule has 0 atom stereocenters. The van der Waals surface area contributed by atoms with E-state index in [0.29, 0.717) is 24.7 Å². The number of fused-ring (bicyclic) bond motifs is 1. The Morgan fingerprint density at radius 3 is 2.96 bits per heavy atom. The van der Waals surface area contributed by atoms with Crippen LogP contribution in [0.2, 0.25) is 0 Å². The predicted octanol–water partition coefficient (Wildman–Crippen LogP) is 1.79. The topological polar surface area (TPSA) is 77.1 Å². The molecule has 0 bridgehead atoms. The van der Waals surface area contributed by atoms with Crippen LogP contribution in [0.5, 0.6) is 0 Å². The van der Waals surface area contributed by atoms with E-state index in [2.05, 4.69) is 34.3 Å². The number of aromatic nitrogens is 5. The summed E-state index contributed by atoms with van der Waals surface area (Å²) in [5.74, 6) is 0.690. The van der Waals surface area contributed by atoms with Gasteiger partial charge < -0.3 is 14.3 Å². The smallest absolute Gasteiger partial charge is 0.271 e. The first-order valence-electron chi connectivity index (χ1n) is 7.67. The van der Waals surface area contributed by atoms with Gasteiger partial charge in [-0.2, -0.15) is 0 Å². The zero-order valence-electron chi connectivity index (χ0n) is 13.5. The van der Waals surface area contributed by atoms with Crippen LogP contribution in [-0.2, 0) is 6.42 Å². The Labute approximate surface area is 134 Å². The standard InChI is InChI=1S/C16H20N6O/c1-11(2)22-10-18-20-14(22)6-7-17-16(23)13-9-21-8-4-5-12(3)15(21)19-13/h4-5,8-11H,6-7H2,1-3H3,(H,17,23). The van der Waals surface area contributed by atoms with Gasteiger partial charge in [-0.1, -0.05) is 6.07 Å². The first-order valence-corrected chi connectivity index (χ1v) is 7.67. The maximum absolute atomic E-state index is 12.2. The van der Waals surface area contributed by atoms with Crippen molar-refractivity contribution in [3.63, 3.8) is 0 Å². The molecule has 3 aromatic rings. The molecule has 0 spiro atoms. The van der Waals surface area contributed by atoms with Crippen molar-refractivity contribution in [3.8, 4) is 0 Å². The molecule has 1 N–H and O–H groups in total. The molecule has 7 heteroatoms. The summed E-state index contributed by atoms with van der Waals surface area (Å²) in [6, 6.07) is 4.21. The molecule has 120 valence electrons. The van der Waals surface area contributed by atoms with Crippen LogP contribution < -0.4 is 5.32 Å². The molecule has 7 nitrogen and oxygen atoms in total. The summed E-state index contributed by atoms with van der Waals surface area (Å²) in [7, 11) is 0. The summed E-state index contributed by atoms with van der Waals surface area (Å²) in [5, 5.41) is 10.9. The number of hydrogen-bond acceptors (Lipinski definition) is 4. The van der Waals surface area contributed by atoms with Gasteiger partial charge in [-0.15, -0.1) is 10.2 Å². The Hall–Kier alpha value is -2.70. The second-order valence-corrected chi connectivity index (χ2v) is 5.80. The number of rotatable bonds is 5. The summed E-state index contributed by atoms with van der Waals surface area (Å²) in [4.78, 5) is 16.6. The Bertz CT molecular complexity index is 832. The Kier molecular flexibility index (Phi) is 4.10. The molecule has 0 aliphatic carbocycles. The number of amides is 1. The predicted molar refractivity (Wildman–Crippen MR) is 86.4 cm³/mol. The Balaban J connectivity index is 1.64. The number of carbonyl (C=O) groups excluding carboxylic acids is 1. The second kappa shape index (κ2) is 6.20. The van der Waals surface area contributed by atoms with Crippen molar-refractivity contribution in [2.75, 3.05) is 6.54 Å². The fourth-order valence-corrected chi connectivity index (χ4v) is 2.52. The van der Waals surface area contributed by atoms with Crippen molar-refractivity contribution in [2.24, 2.45) is 0 Å². The SMILES string of the molecule is Cc1cccn2cc(C(=O)NCCc3nncn3C(C)C)nc12. The highest BCUT2D eigenvalue weighted by atomic mass is 16.1. The number of hydrogen-bond donors (Lipinski definition) is 1. The van der Waals surface area contributed by atoms with Crippen molar-refractivity contribution >= 4 is 11.6 Å². The van der Waals surface area contributed by atoms with Crippen LogP contribution in [0.4, 0.5) is 0 Å². The lowest BCUT2D eigenvalue weighted by molar-refractivity contribution is 0.0949. The van der Waals surface area contributed by atoms with Crippen LogP contribution in [0.1, 0.15) is 41.8 Å². The van der Waals surface area contributed by atoms with Gasteiger partial charge in [-0.05, 0) is 32.4 Å². The van der Waals surface area contributed by atoms with E-state index >= 15 is 0 Å². The van der Waals surface area contributed by atoms with Crippen LogP contribution in [-0.4, -0.2) is 36.6 Å². The molecule has 0 fully saturated rings. The van der Waals surface area contributed by atoms with Crippen molar-refractivity contribution < 1.29 is 4.79 Å². The quantitative estimate of drug-likeness (QED) is 0.779. The summed E-state index contributed by atoms with van der Waals surface area (Å²) < 4.78 is 3.86. The first kappa shape index (κ1) is 15.2. The van der Waals surface area contributed by atoms with E-state index in [1.54, 1.807) is 12.5 Å². The molecule has 0 saturated heterocycles. The van der Waals surface area contributed by atoms with E-state index in [0.717, 1.165) is 17.0 Å². The average Bonchev–Trinajstić information content (AvgIpc) is 3.14. The number of carbonyl (C=O) groups is 1. The van der Waals surface area contributed by atoms with Crippen LogP contribution >= 0.6 is 0 Å². The lowest BCUT2D eigenvalue weighted by Crippen LogP contribution is -2.27.